The number of methoxy groups -OCH3 is 2. The minimum absolute atomic E-state index is 0.116. The van der Waals surface area contributed by atoms with Gasteiger partial charge in [0, 0.05) is 29.6 Å². The molecule has 4 atom stereocenters. The fourth-order valence-electron chi connectivity index (χ4n) is 5.90. The number of hydrogen-bond donors (Lipinski definition) is 1. The molecule has 0 unspecified atom stereocenters. The fourth-order valence-corrected chi connectivity index (χ4v) is 5.90. The van der Waals surface area contributed by atoms with Crippen molar-refractivity contribution in [1.82, 2.24) is 0 Å². The van der Waals surface area contributed by atoms with Crippen LogP contribution in [-0.2, 0) is 14.4 Å². The molecule has 6 rings (SSSR count). The van der Waals surface area contributed by atoms with Gasteiger partial charge in [0.2, 0.25) is 17.7 Å². The van der Waals surface area contributed by atoms with Crippen molar-refractivity contribution in [2.24, 2.45) is 11.8 Å². The predicted octanol–water partition coefficient (Wildman–Crippen LogP) is 3.64. The third kappa shape index (κ3) is 3.77. The number of carbonyl (C=O) groups is 3. The summed E-state index contributed by atoms with van der Waals surface area (Å²) in [7, 11) is 2.94. The molecule has 3 amide bonds. The van der Waals surface area contributed by atoms with E-state index in [0.717, 1.165) is 16.2 Å². The standard InChI is InChI=1S/C29H24N4O7/c1-39-19-12-14-21(23(15-19)40-2)32-28(35)24-22-13-7-16-5-3-4-6-20(16)31(22)26(25(24)29(32)36)27(34)30-17-8-10-18(11-9-17)33(37)38/h3-15,22,24-26H,1-2H3,(H,30,34)/t22-,24+,25-,26+/m1/s1. The molecular formula is C29H24N4O7. The number of nitrogens with zero attached hydrogens (tertiary/aromatic N) is 3. The molecular weight excluding hydrogens is 516 g/mol. The number of anilines is 3. The molecule has 0 spiro atoms. The van der Waals surface area contributed by atoms with Crippen molar-refractivity contribution < 1.29 is 28.8 Å². The van der Waals surface area contributed by atoms with Crippen LogP contribution in [0, 0.1) is 22.0 Å². The Morgan fingerprint density at radius 2 is 1.65 bits per heavy atom. The number of rotatable bonds is 6. The van der Waals surface area contributed by atoms with Crippen LogP contribution in [-0.4, -0.2) is 48.9 Å². The Balaban J connectivity index is 1.42. The molecule has 3 heterocycles. The normalized spacial score (nSPS) is 22.4. The molecule has 40 heavy (non-hydrogen) atoms. The lowest BCUT2D eigenvalue weighted by molar-refractivity contribution is -0.384. The van der Waals surface area contributed by atoms with Gasteiger partial charge in [-0.15, -0.1) is 0 Å². The number of carbonyl (C=O) groups excluding carboxylic acids is 3. The number of nitrogens with one attached hydrogen (secondary N) is 1. The first-order chi connectivity index (χ1) is 19.3. The Morgan fingerprint density at radius 3 is 2.35 bits per heavy atom. The van der Waals surface area contributed by atoms with Crippen molar-refractivity contribution >= 4 is 46.5 Å². The van der Waals surface area contributed by atoms with Gasteiger partial charge in [-0.25, -0.2) is 4.90 Å². The second-order valence-electron chi connectivity index (χ2n) is 9.66. The molecule has 11 nitrogen and oxygen atoms in total. The molecule has 2 saturated heterocycles. The summed E-state index contributed by atoms with van der Waals surface area (Å²) in [5.74, 6) is -2.46. The number of hydrogen-bond acceptors (Lipinski definition) is 8. The SMILES string of the molecule is COc1ccc(N2C(=O)[C@@H]3[C@@H](C2=O)[C@@H](C(=O)Nc2ccc([N+](=O)[O-])cc2)N2c4ccccc4C=C[C@H]32)c(OC)c1. The summed E-state index contributed by atoms with van der Waals surface area (Å²) >= 11 is 0. The number of nitro groups is 1. The van der Waals surface area contributed by atoms with Crippen LogP contribution in [0.15, 0.2) is 72.8 Å². The third-order valence-electron chi connectivity index (χ3n) is 7.66. The molecule has 0 aliphatic carbocycles. The Labute approximate surface area is 228 Å². The lowest BCUT2D eigenvalue weighted by Gasteiger charge is -2.36. The van der Waals surface area contributed by atoms with Gasteiger partial charge in [0.1, 0.15) is 17.5 Å². The third-order valence-corrected chi connectivity index (χ3v) is 7.66. The highest BCUT2D eigenvalue weighted by atomic mass is 16.6. The number of non-ortho nitro benzene ring substituents is 1. The first kappa shape index (κ1) is 25.1. The van der Waals surface area contributed by atoms with Crippen LogP contribution in [0.1, 0.15) is 5.56 Å². The van der Waals surface area contributed by atoms with Gasteiger partial charge in [0.15, 0.2) is 0 Å². The van der Waals surface area contributed by atoms with E-state index < -0.39 is 46.6 Å². The molecule has 11 heteroatoms. The Bertz CT molecular complexity index is 1590. The number of imide groups is 1. The number of ether oxygens (including phenoxy) is 2. The Kier molecular flexibility index (Phi) is 5.98. The van der Waals surface area contributed by atoms with E-state index in [0.29, 0.717) is 11.4 Å². The maximum Gasteiger partial charge on any atom is 0.269 e. The first-order valence-corrected chi connectivity index (χ1v) is 12.5. The largest absolute Gasteiger partial charge is 0.497 e. The van der Waals surface area contributed by atoms with E-state index >= 15 is 0 Å². The summed E-state index contributed by atoms with van der Waals surface area (Å²) in [6.07, 6.45) is 3.76. The average molecular weight is 541 g/mol. The highest BCUT2D eigenvalue weighted by molar-refractivity contribution is 6.25. The monoisotopic (exact) mass is 540 g/mol. The maximum atomic E-state index is 14.1. The van der Waals surface area contributed by atoms with E-state index in [1.165, 1.54) is 38.5 Å². The second kappa shape index (κ2) is 9.53. The van der Waals surface area contributed by atoms with Gasteiger partial charge >= 0.3 is 0 Å². The number of nitro benzene ring substituents is 1. The quantitative estimate of drug-likeness (QED) is 0.285. The fraction of sp³-hybridized carbons (Fsp3) is 0.207. The zero-order valence-electron chi connectivity index (χ0n) is 21.5. The smallest absolute Gasteiger partial charge is 0.269 e. The van der Waals surface area contributed by atoms with E-state index in [2.05, 4.69) is 5.32 Å². The van der Waals surface area contributed by atoms with Crippen molar-refractivity contribution in [2.75, 3.05) is 29.3 Å². The molecule has 0 saturated carbocycles. The number of benzene rings is 3. The molecule has 3 aromatic carbocycles. The van der Waals surface area contributed by atoms with Crippen LogP contribution in [0.2, 0.25) is 0 Å². The van der Waals surface area contributed by atoms with Crippen LogP contribution >= 0.6 is 0 Å². The summed E-state index contributed by atoms with van der Waals surface area (Å²) in [6.45, 7) is 0. The molecule has 1 N–H and O–H groups in total. The highest BCUT2D eigenvalue weighted by Crippen LogP contribution is 2.50. The molecule has 2 fully saturated rings. The number of para-hydroxylation sites is 1. The summed E-state index contributed by atoms with van der Waals surface area (Å²) in [6, 6.07) is 16.2. The van der Waals surface area contributed by atoms with Gasteiger partial charge in [0.05, 0.1) is 42.7 Å². The van der Waals surface area contributed by atoms with Gasteiger partial charge in [-0.05, 0) is 35.9 Å². The van der Waals surface area contributed by atoms with Gasteiger partial charge in [-0.3, -0.25) is 24.5 Å². The minimum Gasteiger partial charge on any atom is -0.497 e. The molecule has 3 aliphatic heterocycles. The van der Waals surface area contributed by atoms with E-state index in [-0.39, 0.29) is 17.1 Å². The van der Waals surface area contributed by atoms with Gasteiger partial charge in [0.25, 0.3) is 5.69 Å². The lowest BCUT2D eigenvalue weighted by Crippen LogP contribution is -2.50. The van der Waals surface area contributed by atoms with E-state index in [4.69, 9.17) is 9.47 Å². The zero-order chi connectivity index (χ0) is 28.1. The predicted molar refractivity (Wildman–Crippen MR) is 146 cm³/mol. The van der Waals surface area contributed by atoms with E-state index in [1.807, 2.05) is 41.3 Å². The van der Waals surface area contributed by atoms with Crippen LogP contribution in [0.5, 0.6) is 11.5 Å². The van der Waals surface area contributed by atoms with Gasteiger partial charge < -0.3 is 19.7 Å². The van der Waals surface area contributed by atoms with E-state index in [1.54, 1.807) is 18.2 Å². The van der Waals surface area contributed by atoms with Gasteiger partial charge in [-0.2, -0.15) is 0 Å². The van der Waals surface area contributed by atoms with Crippen molar-refractivity contribution in [3.63, 3.8) is 0 Å². The van der Waals surface area contributed by atoms with Crippen LogP contribution in [0.4, 0.5) is 22.7 Å². The van der Waals surface area contributed by atoms with E-state index in [9.17, 15) is 24.5 Å². The summed E-state index contributed by atoms with van der Waals surface area (Å²) < 4.78 is 10.7. The van der Waals surface area contributed by atoms with Crippen molar-refractivity contribution in [3.8, 4) is 11.5 Å². The number of amides is 3. The summed E-state index contributed by atoms with van der Waals surface area (Å²) in [4.78, 5) is 55.4. The zero-order valence-corrected chi connectivity index (χ0v) is 21.5. The summed E-state index contributed by atoms with van der Waals surface area (Å²) in [5, 5.41) is 13.9. The summed E-state index contributed by atoms with van der Waals surface area (Å²) in [5.41, 5.74) is 2.09. The van der Waals surface area contributed by atoms with Crippen LogP contribution in [0.3, 0.4) is 0 Å². The average Bonchev–Trinajstić information content (AvgIpc) is 3.45. The molecule has 0 radical (unpaired) electrons. The Hall–Kier alpha value is -5.19. The molecule has 3 aromatic rings. The molecule has 0 bridgehead atoms. The minimum atomic E-state index is -1.03. The lowest BCUT2D eigenvalue weighted by atomic mass is 9.88. The van der Waals surface area contributed by atoms with Crippen LogP contribution < -0.4 is 24.6 Å². The first-order valence-electron chi connectivity index (χ1n) is 12.5. The highest BCUT2D eigenvalue weighted by Gasteiger charge is 2.64. The van der Waals surface area contributed by atoms with Crippen molar-refractivity contribution in [2.45, 2.75) is 12.1 Å². The number of fused-ring (bicyclic) bond motifs is 5. The van der Waals surface area contributed by atoms with Crippen molar-refractivity contribution in [3.05, 3.63) is 88.5 Å². The topological polar surface area (TPSA) is 131 Å². The van der Waals surface area contributed by atoms with Crippen LogP contribution in [0.25, 0.3) is 6.08 Å². The molecule has 0 aromatic heterocycles. The Morgan fingerprint density at radius 1 is 0.925 bits per heavy atom. The van der Waals surface area contributed by atoms with Crippen molar-refractivity contribution in [1.29, 1.82) is 0 Å². The maximum absolute atomic E-state index is 14.1. The molecule has 202 valence electrons. The second-order valence-corrected chi connectivity index (χ2v) is 9.66. The van der Waals surface area contributed by atoms with Gasteiger partial charge in [-0.1, -0.05) is 30.4 Å². The molecule has 3 aliphatic rings.